The fourth-order valence-corrected chi connectivity index (χ4v) is 3.58. The number of pyridine rings is 1. The van der Waals surface area contributed by atoms with Gasteiger partial charge in [-0.1, -0.05) is 42.9 Å². The SMILES string of the molecule is Cc1ccnc(-n2c(SCc3nc(C(C)C)no3)nc3ccccc3c2=O)c1. The maximum absolute atomic E-state index is 13.2. The van der Waals surface area contributed by atoms with Crippen LogP contribution in [0.15, 0.2) is 57.1 Å². The lowest BCUT2D eigenvalue weighted by atomic mass is 10.2. The summed E-state index contributed by atoms with van der Waals surface area (Å²) in [5, 5.41) is 5.07. The molecule has 0 N–H and O–H groups in total. The zero-order valence-electron chi connectivity index (χ0n) is 15.8. The molecule has 4 aromatic rings. The quantitative estimate of drug-likeness (QED) is 0.375. The van der Waals surface area contributed by atoms with Crippen LogP contribution >= 0.6 is 11.8 Å². The second-order valence-corrected chi connectivity index (χ2v) is 7.68. The maximum Gasteiger partial charge on any atom is 0.267 e. The van der Waals surface area contributed by atoms with Crippen LogP contribution in [0.25, 0.3) is 16.7 Å². The van der Waals surface area contributed by atoms with E-state index in [1.165, 1.54) is 11.8 Å². The van der Waals surface area contributed by atoms with Gasteiger partial charge in [0.15, 0.2) is 11.0 Å². The third kappa shape index (κ3) is 3.55. The van der Waals surface area contributed by atoms with E-state index in [0.717, 1.165) is 5.56 Å². The molecule has 7 nitrogen and oxygen atoms in total. The molecular weight excluding hydrogens is 374 g/mol. The van der Waals surface area contributed by atoms with E-state index in [1.54, 1.807) is 16.8 Å². The van der Waals surface area contributed by atoms with Crippen molar-refractivity contribution < 1.29 is 4.52 Å². The lowest BCUT2D eigenvalue weighted by Gasteiger charge is -2.12. The summed E-state index contributed by atoms with van der Waals surface area (Å²) in [6.07, 6.45) is 1.69. The second kappa shape index (κ2) is 7.55. The number of hydrogen-bond donors (Lipinski definition) is 0. The second-order valence-electron chi connectivity index (χ2n) is 6.73. The maximum atomic E-state index is 13.2. The summed E-state index contributed by atoms with van der Waals surface area (Å²) in [6, 6.07) is 11.1. The minimum absolute atomic E-state index is 0.153. The highest BCUT2D eigenvalue weighted by Gasteiger charge is 2.16. The highest BCUT2D eigenvalue weighted by atomic mass is 32.2. The summed E-state index contributed by atoms with van der Waals surface area (Å²) < 4.78 is 6.86. The van der Waals surface area contributed by atoms with Gasteiger partial charge >= 0.3 is 0 Å². The van der Waals surface area contributed by atoms with Gasteiger partial charge in [-0.05, 0) is 36.8 Å². The molecular formula is C20H19N5O2S. The third-order valence-electron chi connectivity index (χ3n) is 4.20. The average molecular weight is 393 g/mol. The Kier molecular flexibility index (Phi) is 4.95. The number of aromatic nitrogens is 5. The average Bonchev–Trinajstić information content (AvgIpc) is 3.16. The van der Waals surface area contributed by atoms with E-state index < -0.39 is 0 Å². The fraction of sp³-hybridized carbons (Fsp3) is 0.250. The van der Waals surface area contributed by atoms with Gasteiger partial charge in [-0.15, -0.1) is 0 Å². The summed E-state index contributed by atoms with van der Waals surface area (Å²) in [5.74, 6) is 2.31. The molecule has 4 rings (SSSR count). The van der Waals surface area contributed by atoms with Crippen molar-refractivity contribution in [3.05, 3.63) is 70.2 Å². The van der Waals surface area contributed by atoms with Gasteiger partial charge < -0.3 is 4.52 Å². The summed E-state index contributed by atoms with van der Waals surface area (Å²) in [4.78, 5) is 26.7. The van der Waals surface area contributed by atoms with Gasteiger partial charge in [0.05, 0.1) is 16.7 Å². The van der Waals surface area contributed by atoms with Crippen LogP contribution in [0.5, 0.6) is 0 Å². The highest BCUT2D eigenvalue weighted by molar-refractivity contribution is 7.98. The molecule has 8 heteroatoms. The number of nitrogens with zero attached hydrogens (tertiary/aromatic N) is 5. The first-order valence-electron chi connectivity index (χ1n) is 8.93. The van der Waals surface area contributed by atoms with Crippen LogP contribution in [0.1, 0.15) is 37.0 Å². The Morgan fingerprint density at radius 2 is 2.00 bits per heavy atom. The molecule has 0 bridgehead atoms. The van der Waals surface area contributed by atoms with Crippen molar-refractivity contribution in [3.8, 4) is 5.82 Å². The molecule has 142 valence electrons. The molecule has 0 saturated heterocycles. The third-order valence-corrected chi connectivity index (χ3v) is 5.12. The van der Waals surface area contributed by atoms with Crippen molar-refractivity contribution >= 4 is 22.7 Å². The molecule has 0 amide bonds. The molecule has 0 spiro atoms. The number of benzene rings is 1. The molecule has 0 saturated carbocycles. The predicted molar refractivity (Wildman–Crippen MR) is 108 cm³/mol. The Bertz CT molecular complexity index is 1200. The Labute approximate surface area is 165 Å². The van der Waals surface area contributed by atoms with E-state index >= 15 is 0 Å². The number of aryl methyl sites for hydroxylation is 1. The van der Waals surface area contributed by atoms with E-state index in [2.05, 4.69) is 15.1 Å². The molecule has 0 unspecified atom stereocenters. The van der Waals surface area contributed by atoms with Crippen molar-refractivity contribution in [2.75, 3.05) is 0 Å². The molecule has 28 heavy (non-hydrogen) atoms. The molecule has 3 aromatic heterocycles. The van der Waals surface area contributed by atoms with Crippen LogP contribution in [0.2, 0.25) is 0 Å². The molecule has 0 radical (unpaired) electrons. The van der Waals surface area contributed by atoms with Gasteiger partial charge in [-0.2, -0.15) is 4.98 Å². The zero-order chi connectivity index (χ0) is 19.7. The van der Waals surface area contributed by atoms with Crippen LogP contribution < -0.4 is 5.56 Å². The van der Waals surface area contributed by atoms with E-state index in [0.29, 0.717) is 39.3 Å². The topological polar surface area (TPSA) is 86.7 Å². The Morgan fingerprint density at radius 3 is 2.75 bits per heavy atom. The molecule has 0 aliphatic carbocycles. The van der Waals surface area contributed by atoms with Gasteiger partial charge in [-0.3, -0.25) is 4.79 Å². The first-order valence-corrected chi connectivity index (χ1v) is 9.91. The number of fused-ring (bicyclic) bond motifs is 1. The number of para-hydroxylation sites is 1. The number of rotatable bonds is 5. The standard InChI is InChI=1S/C20H19N5O2S/c1-12(2)18-23-17(27-24-18)11-28-20-22-15-7-5-4-6-14(15)19(26)25(20)16-10-13(3)8-9-21-16/h4-10,12H,11H2,1-3H3. The lowest BCUT2D eigenvalue weighted by Crippen LogP contribution is -2.22. The van der Waals surface area contributed by atoms with E-state index in [4.69, 9.17) is 9.51 Å². The Balaban J connectivity index is 1.79. The van der Waals surface area contributed by atoms with Crippen molar-refractivity contribution in [3.63, 3.8) is 0 Å². The largest absolute Gasteiger partial charge is 0.338 e. The van der Waals surface area contributed by atoms with Crippen LogP contribution in [0.4, 0.5) is 0 Å². The van der Waals surface area contributed by atoms with Crippen LogP contribution in [0.3, 0.4) is 0 Å². The molecule has 0 fully saturated rings. The first kappa shape index (κ1) is 18.4. The first-order chi connectivity index (χ1) is 13.5. The normalized spacial score (nSPS) is 11.4. The van der Waals surface area contributed by atoms with E-state index in [9.17, 15) is 4.79 Å². The van der Waals surface area contributed by atoms with Crippen molar-refractivity contribution in [2.45, 2.75) is 37.6 Å². The molecule has 1 aromatic carbocycles. The number of thioether (sulfide) groups is 1. The summed E-state index contributed by atoms with van der Waals surface area (Å²) in [7, 11) is 0. The van der Waals surface area contributed by atoms with E-state index in [-0.39, 0.29) is 11.5 Å². The van der Waals surface area contributed by atoms with E-state index in [1.807, 2.05) is 51.1 Å². The summed E-state index contributed by atoms with van der Waals surface area (Å²) in [5.41, 5.74) is 1.51. The van der Waals surface area contributed by atoms with Crippen molar-refractivity contribution in [2.24, 2.45) is 0 Å². The fourth-order valence-electron chi connectivity index (χ4n) is 2.74. The molecule has 0 atom stereocenters. The van der Waals surface area contributed by atoms with Crippen molar-refractivity contribution in [1.29, 1.82) is 0 Å². The lowest BCUT2D eigenvalue weighted by molar-refractivity contribution is 0.382. The van der Waals surface area contributed by atoms with Gasteiger partial charge in [0, 0.05) is 12.1 Å². The van der Waals surface area contributed by atoms with Crippen LogP contribution in [-0.2, 0) is 5.75 Å². The monoisotopic (exact) mass is 393 g/mol. The van der Waals surface area contributed by atoms with Gasteiger partial charge in [0.2, 0.25) is 5.89 Å². The van der Waals surface area contributed by atoms with Crippen LogP contribution in [0, 0.1) is 6.92 Å². The van der Waals surface area contributed by atoms with Gasteiger partial charge in [0.1, 0.15) is 5.82 Å². The Hall–Kier alpha value is -3.00. The minimum Gasteiger partial charge on any atom is -0.338 e. The highest BCUT2D eigenvalue weighted by Crippen LogP contribution is 2.24. The predicted octanol–water partition coefficient (Wildman–Crippen LogP) is 3.89. The smallest absolute Gasteiger partial charge is 0.267 e. The van der Waals surface area contributed by atoms with Crippen LogP contribution in [-0.4, -0.2) is 24.7 Å². The summed E-state index contributed by atoms with van der Waals surface area (Å²) >= 11 is 1.37. The zero-order valence-corrected chi connectivity index (χ0v) is 16.6. The molecule has 3 heterocycles. The summed E-state index contributed by atoms with van der Waals surface area (Å²) in [6.45, 7) is 5.98. The molecule has 0 aliphatic heterocycles. The molecule has 0 aliphatic rings. The number of hydrogen-bond acceptors (Lipinski definition) is 7. The van der Waals surface area contributed by atoms with Gasteiger partial charge in [-0.25, -0.2) is 14.5 Å². The van der Waals surface area contributed by atoms with Gasteiger partial charge in [0.25, 0.3) is 5.56 Å². The van der Waals surface area contributed by atoms with Crippen molar-refractivity contribution in [1.82, 2.24) is 24.7 Å². The Morgan fingerprint density at radius 1 is 1.18 bits per heavy atom. The minimum atomic E-state index is -0.153.